The third kappa shape index (κ3) is 3.83. The zero-order valence-corrected chi connectivity index (χ0v) is 13.1. The molecule has 5 heteroatoms. The Bertz CT molecular complexity index is 551. The van der Waals surface area contributed by atoms with Gasteiger partial charge in [0, 0.05) is 19.9 Å². The van der Waals surface area contributed by atoms with E-state index in [9.17, 15) is 13.2 Å². The fraction of sp³-hybridized carbons (Fsp3) is 0.529. The number of rotatable bonds is 5. The molecule has 1 aromatic rings. The summed E-state index contributed by atoms with van der Waals surface area (Å²) in [7, 11) is 3.50. The van der Waals surface area contributed by atoms with Gasteiger partial charge < -0.3 is 10.1 Å². The molecule has 1 N–H and O–H groups in total. The molecule has 2 unspecified atom stereocenters. The van der Waals surface area contributed by atoms with Crippen LogP contribution < -0.4 is 5.32 Å². The van der Waals surface area contributed by atoms with Gasteiger partial charge >= 0.3 is 6.18 Å². The van der Waals surface area contributed by atoms with Crippen LogP contribution in [0.15, 0.2) is 30.0 Å². The van der Waals surface area contributed by atoms with Gasteiger partial charge in [-0.2, -0.15) is 13.2 Å². The van der Waals surface area contributed by atoms with Gasteiger partial charge in [-0.3, -0.25) is 0 Å². The molecule has 0 fully saturated rings. The van der Waals surface area contributed by atoms with Crippen molar-refractivity contribution in [3.8, 4) is 0 Å². The lowest BCUT2D eigenvalue weighted by Crippen LogP contribution is -2.12. The summed E-state index contributed by atoms with van der Waals surface area (Å²) in [5, 5.41) is 3.15. The largest absolute Gasteiger partial charge is 0.416 e. The Morgan fingerprint density at radius 1 is 1.32 bits per heavy atom. The van der Waals surface area contributed by atoms with Gasteiger partial charge in [-0.05, 0) is 55.4 Å². The van der Waals surface area contributed by atoms with Crippen LogP contribution in [0, 0.1) is 5.92 Å². The predicted octanol–water partition coefficient (Wildman–Crippen LogP) is 4.47. The maximum Gasteiger partial charge on any atom is 0.416 e. The summed E-state index contributed by atoms with van der Waals surface area (Å²) in [5.74, 6) is 0.405. The van der Waals surface area contributed by atoms with Crippen molar-refractivity contribution in [2.45, 2.75) is 38.5 Å². The lowest BCUT2D eigenvalue weighted by molar-refractivity contribution is -0.137. The second-order valence-electron chi connectivity index (χ2n) is 5.84. The minimum absolute atomic E-state index is 0.156. The van der Waals surface area contributed by atoms with E-state index in [2.05, 4.69) is 5.32 Å². The number of benzene rings is 1. The Kier molecular flexibility index (Phi) is 5.16. The fourth-order valence-corrected chi connectivity index (χ4v) is 3.06. The molecule has 0 bridgehead atoms. The molecule has 0 aliphatic heterocycles. The molecular formula is C17H22F3NO. The molecule has 0 spiro atoms. The molecular weight excluding hydrogens is 291 g/mol. The Morgan fingerprint density at radius 3 is 2.64 bits per heavy atom. The van der Waals surface area contributed by atoms with Gasteiger partial charge in [0.25, 0.3) is 0 Å². The Balaban J connectivity index is 2.23. The average molecular weight is 313 g/mol. The molecule has 0 saturated heterocycles. The maximum atomic E-state index is 12.9. The Labute approximate surface area is 129 Å². The van der Waals surface area contributed by atoms with Crippen molar-refractivity contribution < 1.29 is 17.9 Å². The Hall–Kier alpha value is -1.49. The van der Waals surface area contributed by atoms with E-state index in [0.717, 1.165) is 36.6 Å². The van der Waals surface area contributed by atoms with Crippen LogP contribution in [0.1, 0.15) is 37.3 Å². The molecule has 1 aliphatic carbocycles. The van der Waals surface area contributed by atoms with Crippen LogP contribution in [-0.2, 0) is 10.9 Å². The van der Waals surface area contributed by atoms with Crippen molar-refractivity contribution >= 4 is 5.57 Å². The molecule has 1 aromatic carbocycles. The minimum atomic E-state index is -4.31. The van der Waals surface area contributed by atoms with Crippen molar-refractivity contribution in [2.24, 2.45) is 5.92 Å². The Morgan fingerprint density at radius 2 is 2.05 bits per heavy atom. The standard InChI is InChI=1S/C17H22F3NO/c1-11(22-3)7-12-8-15(16(9-12)21-2)13-5-4-6-14(10-13)17(18,19)20/h4-6,10-12,21H,7-9H2,1-3H3. The molecule has 2 nitrogen and oxygen atoms in total. The molecule has 0 radical (unpaired) electrons. The van der Waals surface area contributed by atoms with Crippen LogP contribution >= 0.6 is 0 Å². The van der Waals surface area contributed by atoms with Crippen LogP contribution in [0.2, 0.25) is 0 Å². The number of hydrogen-bond donors (Lipinski definition) is 1. The van der Waals surface area contributed by atoms with Crippen molar-refractivity contribution in [2.75, 3.05) is 14.2 Å². The van der Waals surface area contributed by atoms with Crippen LogP contribution in [0.3, 0.4) is 0 Å². The summed E-state index contributed by atoms with van der Waals surface area (Å²) >= 11 is 0. The first-order valence-electron chi connectivity index (χ1n) is 7.45. The number of nitrogens with one attached hydrogen (secondary N) is 1. The van der Waals surface area contributed by atoms with Crippen molar-refractivity contribution in [1.29, 1.82) is 0 Å². The van der Waals surface area contributed by atoms with Gasteiger partial charge in [0.15, 0.2) is 0 Å². The van der Waals surface area contributed by atoms with Gasteiger partial charge in [0.2, 0.25) is 0 Å². The number of methoxy groups -OCH3 is 1. The molecule has 0 heterocycles. The van der Waals surface area contributed by atoms with Crippen LogP contribution in [-0.4, -0.2) is 20.3 Å². The first kappa shape index (κ1) is 16.9. The SMILES string of the molecule is CNC1=C(c2cccc(C(F)(F)F)c2)CC(CC(C)OC)C1. The summed E-state index contributed by atoms with van der Waals surface area (Å²) in [6.45, 7) is 2.02. The molecule has 1 aliphatic rings. The van der Waals surface area contributed by atoms with Crippen molar-refractivity contribution in [1.82, 2.24) is 5.32 Å². The van der Waals surface area contributed by atoms with Gasteiger partial charge in [-0.15, -0.1) is 0 Å². The van der Waals surface area contributed by atoms with E-state index in [4.69, 9.17) is 4.74 Å². The van der Waals surface area contributed by atoms with Gasteiger partial charge in [0.05, 0.1) is 11.7 Å². The molecule has 122 valence electrons. The summed E-state index contributed by atoms with van der Waals surface area (Å²) in [5.41, 5.74) is 2.09. The quantitative estimate of drug-likeness (QED) is 0.866. The van der Waals surface area contributed by atoms with E-state index in [-0.39, 0.29) is 6.10 Å². The highest BCUT2D eigenvalue weighted by molar-refractivity contribution is 5.71. The summed E-state index contributed by atoms with van der Waals surface area (Å²) < 4.78 is 43.9. The van der Waals surface area contributed by atoms with Crippen LogP contribution in [0.4, 0.5) is 13.2 Å². The van der Waals surface area contributed by atoms with Crippen molar-refractivity contribution in [3.05, 3.63) is 41.1 Å². The van der Waals surface area contributed by atoms with E-state index in [1.54, 1.807) is 13.2 Å². The van der Waals surface area contributed by atoms with Gasteiger partial charge in [-0.25, -0.2) is 0 Å². The highest BCUT2D eigenvalue weighted by Gasteiger charge is 2.32. The van der Waals surface area contributed by atoms with E-state index in [1.807, 2.05) is 14.0 Å². The molecule has 0 saturated carbocycles. The second kappa shape index (κ2) is 6.73. The highest BCUT2D eigenvalue weighted by Crippen LogP contribution is 2.40. The molecule has 0 amide bonds. The van der Waals surface area contributed by atoms with Gasteiger partial charge in [-0.1, -0.05) is 12.1 Å². The third-order valence-corrected chi connectivity index (χ3v) is 4.26. The van der Waals surface area contributed by atoms with E-state index >= 15 is 0 Å². The minimum Gasteiger partial charge on any atom is -0.391 e. The number of allylic oxidation sites excluding steroid dienone is 2. The van der Waals surface area contributed by atoms with Crippen molar-refractivity contribution in [3.63, 3.8) is 0 Å². The fourth-order valence-electron chi connectivity index (χ4n) is 3.06. The maximum absolute atomic E-state index is 12.9. The third-order valence-electron chi connectivity index (χ3n) is 4.26. The predicted molar refractivity (Wildman–Crippen MR) is 81.2 cm³/mol. The lowest BCUT2D eigenvalue weighted by Gasteiger charge is -2.15. The number of alkyl halides is 3. The molecule has 0 aromatic heterocycles. The normalized spacial score (nSPS) is 20.4. The highest BCUT2D eigenvalue weighted by atomic mass is 19.4. The molecule has 22 heavy (non-hydrogen) atoms. The zero-order valence-electron chi connectivity index (χ0n) is 13.1. The van der Waals surface area contributed by atoms with E-state index in [0.29, 0.717) is 11.5 Å². The number of ether oxygens (including phenoxy) is 1. The average Bonchev–Trinajstić information content (AvgIpc) is 2.89. The number of halogens is 3. The van der Waals surface area contributed by atoms with Crippen LogP contribution in [0.5, 0.6) is 0 Å². The van der Waals surface area contributed by atoms with E-state index < -0.39 is 11.7 Å². The summed E-state index contributed by atoms with van der Waals surface area (Å²) in [4.78, 5) is 0. The monoisotopic (exact) mass is 313 g/mol. The smallest absolute Gasteiger partial charge is 0.391 e. The first-order valence-corrected chi connectivity index (χ1v) is 7.45. The lowest BCUT2D eigenvalue weighted by atomic mass is 9.95. The first-order chi connectivity index (χ1) is 10.3. The van der Waals surface area contributed by atoms with Gasteiger partial charge in [0.1, 0.15) is 0 Å². The second-order valence-corrected chi connectivity index (χ2v) is 5.84. The summed E-state index contributed by atoms with van der Waals surface area (Å²) in [6.07, 6.45) is -1.60. The van der Waals surface area contributed by atoms with Crippen LogP contribution in [0.25, 0.3) is 5.57 Å². The van der Waals surface area contributed by atoms with E-state index in [1.165, 1.54) is 12.1 Å². The molecule has 2 rings (SSSR count). The summed E-state index contributed by atoms with van der Waals surface area (Å²) in [6, 6.07) is 5.59. The topological polar surface area (TPSA) is 21.3 Å². The molecule has 2 atom stereocenters. The zero-order chi connectivity index (χ0) is 16.3. The number of hydrogen-bond acceptors (Lipinski definition) is 2.